The van der Waals surface area contributed by atoms with Gasteiger partial charge in [0.05, 0.1) is 12.8 Å². The fourth-order valence-corrected chi connectivity index (χ4v) is 4.07. The molecule has 176 valence electrons. The average molecular weight is 515 g/mol. The van der Waals surface area contributed by atoms with Crippen molar-refractivity contribution in [1.82, 2.24) is 14.7 Å². The van der Waals surface area contributed by atoms with Gasteiger partial charge in [0, 0.05) is 62.8 Å². The van der Waals surface area contributed by atoms with E-state index in [1.54, 1.807) is 14.0 Å². The molecule has 33 heavy (non-hydrogen) atoms. The molecule has 0 aliphatic carbocycles. The Bertz CT molecular complexity index is 974. The van der Waals surface area contributed by atoms with Gasteiger partial charge in [0.15, 0.2) is 0 Å². The lowest BCUT2D eigenvalue weighted by Gasteiger charge is -2.35. The highest BCUT2D eigenvalue weighted by Crippen LogP contribution is 2.22. The Morgan fingerprint density at radius 2 is 1.79 bits per heavy atom. The van der Waals surface area contributed by atoms with Gasteiger partial charge in [0.1, 0.15) is 5.75 Å². The summed E-state index contributed by atoms with van der Waals surface area (Å²) in [5, 5.41) is 2.96. The van der Waals surface area contributed by atoms with Crippen LogP contribution in [0.4, 0.5) is 10.5 Å². The van der Waals surface area contributed by atoms with E-state index in [0.29, 0.717) is 26.2 Å². The molecule has 0 aromatic heterocycles. The van der Waals surface area contributed by atoms with E-state index in [2.05, 4.69) is 26.1 Å². The summed E-state index contributed by atoms with van der Waals surface area (Å²) in [6.07, 6.45) is 3.97. The molecule has 1 N–H and O–H groups in total. The van der Waals surface area contributed by atoms with E-state index in [1.165, 1.54) is 0 Å². The average Bonchev–Trinajstić information content (AvgIpc) is 2.83. The Labute approximate surface area is 204 Å². The third kappa shape index (κ3) is 7.33. The molecule has 2 aromatic carbocycles. The normalized spacial score (nSPS) is 14.3. The van der Waals surface area contributed by atoms with Crippen molar-refractivity contribution in [3.05, 3.63) is 64.6 Å². The van der Waals surface area contributed by atoms with E-state index >= 15 is 0 Å². The zero-order chi connectivity index (χ0) is 23.6. The Balaban J connectivity index is 1.44. The van der Waals surface area contributed by atoms with Gasteiger partial charge >= 0.3 is 6.03 Å². The largest absolute Gasteiger partial charge is 0.496 e. The van der Waals surface area contributed by atoms with E-state index in [-0.39, 0.29) is 11.9 Å². The summed E-state index contributed by atoms with van der Waals surface area (Å²) in [7, 11) is 1.65. The second kappa shape index (κ2) is 12.4. The molecule has 3 rings (SSSR count). The van der Waals surface area contributed by atoms with E-state index in [9.17, 15) is 9.59 Å². The summed E-state index contributed by atoms with van der Waals surface area (Å²) in [5.41, 5.74) is 1.75. The van der Waals surface area contributed by atoms with Crippen LogP contribution in [0.25, 0.3) is 6.08 Å². The van der Waals surface area contributed by atoms with Crippen LogP contribution >= 0.6 is 15.9 Å². The van der Waals surface area contributed by atoms with Gasteiger partial charge in [-0.25, -0.2) is 4.79 Å². The zero-order valence-corrected chi connectivity index (χ0v) is 20.8. The molecule has 0 spiro atoms. The van der Waals surface area contributed by atoms with Gasteiger partial charge in [-0.2, -0.15) is 0 Å². The lowest BCUT2D eigenvalue weighted by Crippen LogP contribution is -2.51. The third-order valence-corrected chi connectivity index (χ3v) is 6.36. The Morgan fingerprint density at radius 3 is 2.48 bits per heavy atom. The highest BCUT2D eigenvalue weighted by Gasteiger charge is 2.22. The number of hydrogen-bond donors (Lipinski definition) is 1. The summed E-state index contributed by atoms with van der Waals surface area (Å²) in [4.78, 5) is 30.6. The summed E-state index contributed by atoms with van der Waals surface area (Å²) < 4.78 is 6.23. The van der Waals surface area contributed by atoms with E-state index in [1.807, 2.05) is 70.5 Å². The standard InChI is InChI=1S/C25H31BrN4O3/c1-20(31)29(13-7-9-21-8-3-6-12-24(21)33-2)17-14-28-15-18-30(19-16-28)25(32)27-23-11-5-4-10-22(23)26/h3-12H,13-19H2,1-2H3,(H,27,32)/b9-7+. The summed E-state index contributed by atoms with van der Waals surface area (Å²) in [5.74, 6) is 0.857. The first-order valence-electron chi connectivity index (χ1n) is 11.1. The van der Waals surface area contributed by atoms with E-state index in [0.717, 1.165) is 41.1 Å². The SMILES string of the molecule is COc1ccccc1/C=C/CN(CCN1CCN(C(=O)Nc2ccccc2Br)CC1)C(C)=O. The number of methoxy groups -OCH3 is 1. The zero-order valence-electron chi connectivity index (χ0n) is 19.2. The van der Waals surface area contributed by atoms with Gasteiger partial charge in [0.25, 0.3) is 0 Å². The number of amides is 3. The van der Waals surface area contributed by atoms with Crippen molar-refractivity contribution in [2.75, 3.05) is 58.2 Å². The van der Waals surface area contributed by atoms with Crippen molar-refractivity contribution in [2.24, 2.45) is 0 Å². The second-order valence-electron chi connectivity index (χ2n) is 7.85. The number of benzene rings is 2. The topological polar surface area (TPSA) is 65.1 Å². The molecule has 2 aromatic rings. The number of carbonyl (C=O) groups is 2. The third-order valence-electron chi connectivity index (χ3n) is 5.67. The first-order chi connectivity index (χ1) is 16.0. The number of rotatable bonds is 8. The first kappa shape index (κ1) is 24.8. The molecule has 0 bridgehead atoms. The lowest BCUT2D eigenvalue weighted by atomic mass is 10.2. The van der Waals surface area contributed by atoms with Crippen LogP contribution in [0, 0.1) is 0 Å². The highest BCUT2D eigenvalue weighted by molar-refractivity contribution is 9.10. The van der Waals surface area contributed by atoms with Gasteiger partial charge in [-0.05, 0) is 34.1 Å². The molecule has 1 fully saturated rings. The van der Waals surface area contributed by atoms with Crippen molar-refractivity contribution in [2.45, 2.75) is 6.92 Å². The summed E-state index contributed by atoms with van der Waals surface area (Å²) >= 11 is 3.46. The van der Waals surface area contributed by atoms with Gasteiger partial charge in [-0.3, -0.25) is 9.69 Å². The highest BCUT2D eigenvalue weighted by atomic mass is 79.9. The van der Waals surface area contributed by atoms with Crippen molar-refractivity contribution in [1.29, 1.82) is 0 Å². The lowest BCUT2D eigenvalue weighted by molar-refractivity contribution is -0.128. The molecule has 0 radical (unpaired) electrons. The van der Waals surface area contributed by atoms with Crippen molar-refractivity contribution >= 4 is 39.6 Å². The molecule has 1 aliphatic heterocycles. The van der Waals surface area contributed by atoms with Gasteiger partial charge in [-0.1, -0.05) is 42.5 Å². The molecule has 3 amide bonds. The number of hydrogen-bond acceptors (Lipinski definition) is 4. The number of nitrogens with zero attached hydrogens (tertiary/aromatic N) is 3. The number of carbonyl (C=O) groups excluding carboxylic acids is 2. The quantitative estimate of drug-likeness (QED) is 0.574. The predicted octanol–water partition coefficient (Wildman–Crippen LogP) is 4.17. The van der Waals surface area contributed by atoms with Gasteiger partial charge in [-0.15, -0.1) is 0 Å². The van der Waals surface area contributed by atoms with Crippen molar-refractivity contribution in [3.8, 4) is 5.75 Å². The van der Waals surface area contributed by atoms with Crippen molar-refractivity contribution in [3.63, 3.8) is 0 Å². The molecule has 0 saturated carbocycles. The molecule has 7 nitrogen and oxygen atoms in total. The Kier molecular flexibility index (Phi) is 9.33. The fraction of sp³-hybridized carbons (Fsp3) is 0.360. The maximum Gasteiger partial charge on any atom is 0.321 e. The molecule has 0 atom stereocenters. The number of urea groups is 1. The summed E-state index contributed by atoms with van der Waals surface area (Å²) in [6, 6.07) is 15.3. The minimum absolute atomic E-state index is 0.0473. The van der Waals surface area contributed by atoms with Crippen LogP contribution in [0.15, 0.2) is 59.1 Å². The number of piperazine rings is 1. The molecule has 1 heterocycles. The molecule has 1 aliphatic rings. The maximum absolute atomic E-state index is 12.6. The smallest absolute Gasteiger partial charge is 0.321 e. The van der Waals surface area contributed by atoms with Gasteiger partial charge < -0.3 is 19.9 Å². The van der Waals surface area contributed by atoms with Crippen LogP contribution < -0.4 is 10.1 Å². The summed E-state index contributed by atoms with van der Waals surface area (Å²) in [6.45, 7) is 6.45. The minimum atomic E-state index is -0.0895. The minimum Gasteiger partial charge on any atom is -0.496 e. The molecular formula is C25H31BrN4O3. The number of para-hydroxylation sites is 2. The molecule has 8 heteroatoms. The monoisotopic (exact) mass is 514 g/mol. The van der Waals surface area contributed by atoms with Crippen LogP contribution in [0.2, 0.25) is 0 Å². The number of anilines is 1. The van der Waals surface area contributed by atoms with Gasteiger partial charge in [0.2, 0.25) is 5.91 Å². The van der Waals surface area contributed by atoms with Crippen LogP contribution in [0.5, 0.6) is 5.75 Å². The number of nitrogens with one attached hydrogen (secondary N) is 1. The van der Waals surface area contributed by atoms with Crippen molar-refractivity contribution < 1.29 is 14.3 Å². The van der Waals surface area contributed by atoms with E-state index < -0.39 is 0 Å². The first-order valence-corrected chi connectivity index (χ1v) is 11.8. The Morgan fingerprint density at radius 1 is 1.09 bits per heavy atom. The molecule has 0 unspecified atom stereocenters. The number of ether oxygens (including phenoxy) is 1. The number of halogens is 1. The molecule has 1 saturated heterocycles. The van der Waals surface area contributed by atoms with Crippen LogP contribution in [0.1, 0.15) is 12.5 Å². The maximum atomic E-state index is 12.6. The van der Waals surface area contributed by atoms with Crippen LogP contribution in [0.3, 0.4) is 0 Å². The molecular weight excluding hydrogens is 484 g/mol. The van der Waals surface area contributed by atoms with Crippen LogP contribution in [-0.4, -0.2) is 79.6 Å². The van der Waals surface area contributed by atoms with E-state index in [4.69, 9.17) is 4.74 Å². The Hall–Kier alpha value is -2.84. The fourth-order valence-electron chi connectivity index (χ4n) is 3.68. The predicted molar refractivity (Wildman–Crippen MR) is 135 cm³/mol. The van der Waals surface area contributed by atoms with Crippen LogP contribution in [-0.2, 0) is 4.79 Å². The second-order valence-corrected chi connectivity index (χ2v) is 8.70.